The summed E-state index contributed by atoms with van der Waals surface area (Å²) in [7, 11) is -9.97. The van der Waals surface area contributed by atoms with Gasteiger partial charge in [0.15, 0.2) is 12.2 Å². The minimum atomic E-state index is -4.99. The van der Waals surface area contributed by atoms with E-state index < -0.39 is 97.5 Å². The molecule has 98 heavy (non-hydrogen) atoms. The summed E-state index contributed by atoms with van der Waals surface area (Å²) in [6.07, 6.45) is 76.4. The Kier molecular flexibility index (Phi) is 67.6. The number of carbonyl (C=O) groups is 4. The quantitative estimate of drug-likeness (QED) is 0.0169. The fraction of sp³-hybridized carbons (Fsp3) is 0.696. The molecule has 0 fully saturated rings. The van der Waals surface area contributed by atoms with Crippen molar-refractivity contribution in [1.82, 2.24) is 0 Å². The fourth-order valence-corrected chi connectivity index (χ4v) is 11.2. The molecule has 5 atom stereocenters. The molecule has 0 aromatic heterocycles. The van der Waals surface area contributed by atoms with E-state index in [0.717, 1.165) is 154 Å². The van der Waals surface area contributed by atoms with Crippen LogP contribution in [0.2, 0.25) is 0 Å². The molecular weight excluding hydrogens is 1280 g/mol. The molecule has 0 saturated carbocycles. The third-order valence-corrected chi connectivity index (χ3v) is 17.3. The number of ether oxygens (including phenoxy) is 4. The van der Waals surface area contributed by atoms with Crippen LogP contribution in [0.3, 0.4) is 0 Å². The predicted molar refractivity (Wildman–Crippen MR) is 399 cm³/mol. The minimum Gasteiger partial charge on any atom is -0.462 e. The number of carbonyl (C=O) groups excluding carboxylic acids is 4. The van der Waals surface area contributed by atoms with Crippen LogP contribution in [0.1, 0.15) is 297 Å². The largest absolute Gasteiger partial charge is 0.472 e. The van der Waals surface area contributed by atoms with Crippen molar-refractivity contribution in [2.45, 2.75) is 316 Å². The van der Waals surface area contributed by atoms with E-state index in [1.54, 1.807) is 0 Å². The van der Waals surface area contributed by atoms with Crippen molar-refractivity contribution >= 4 is 39.5 Å². The second-order valence-corrected chi connectivity index (χ2v) is 27.8. The Balaban J connectivity index is 5.39. The van der Waals surface area contributed by atoms with Crippen LogP contribution in [-0.4, -0.2) is 96.7 Å². The second-order valence-electron chi connectivity index (χ2n) is 24.8. The first-order valence-electron chi connectivity index (χ1n) is 37.8. The maximum absolute atomic E-state index is 13.1. The highest BCUT2D eigenvalue weighted by atomic mass is 31.2. The van der Waals surface area contributed by atoms with E-state index in [4.69, 9.17) is 37.0 Å². The summed E-state index contributed by atoms with van der Waals surface area (Å²) in [6, 6.07) is 0. The Morgan fingerprint density at radius 1 is 0.296 bits per heavy atom. The van der Waals surface area contributed by atoms with Gasteiger partial charge in [0.1, 0.15) is 19.3 Å². The third-order valence-electron chi connectivity index (χ3n) is 15.4. The van der Waals surface area contributed by atoms with Crippen molar-refractivity contribution in [2.75, 3.05) is 39.6 Å². The number of phosphoric ester groups is 2. The molecule has 562 valence electrons. The summed E-state index contributed by atoms with van der Waals surface area (Å²) in [5.41, 5.74) is 0. The zero-order valence-corrected chi connectivity index (χ0v) is 63.0. The van der Waals surface area contributed by atoms with Crippen LogP contribution in [0, 0.1) is 0 Å². The van der Waals surface area contributed by atoms with Gasteiger partial charge in [-0.15, -0.1) is 0 Å². The molecule has 0 rings (SSSR count). The van der Waals surface area contributed by atoms with Crippen LogP contribution in [0.25, 0.3) is 0 Å². The van der Waals surface area contributed by atoms with Gasteiger partial charge in [-0.2, -0.15) is 0 Å². The first-order chi connectivity index (χ1) is 47.7. The van der Waals surface area contributed by atoms with Crippen LogP contribution >= 0.6 is 15.6 Å². The lowest BCUT2D eigenvalue weighted by Gasteiger charge is -2.21. The molecule has 0 spiro atoms. The Bertz CT molecular complexity index is 2340. The molecule has 0 saturated heterocycles. The highest BCUT2D eigenvalue weighted by molar-refractivity contribution is 7.47. The molecule has 0 aromatic rings. The number of aliphatic hydroxyl groups excluding tert-OH is 1. The SMILES string of the molecule is CC/C=C\C/C=C\C/C=C\C/C=C\C/C=C\C/C=C\CCC(=O)OCC(COP(=O)(O)OCC(O)COP(=O)(O)OCC(COC(=O)CCCCCCC/C=C\C/C=C\CCCCC)OC(=O)CCCCCCC/C=C\CCCCCC)OC(=O)CCCCCCC/C=C\CCCC. The van der Waals surface area contributed by atoms with E-state index in [9.17, 15) is 43.2 Å². The summed E-state index contributed by atoms with van der Waals surface area (Å²) >= 11 is 0. The molecule has 0 amide bonds. The lowest BCUT2D eigenvalue weighted by Crippen LogP contribution is -2.30. The third kappa shape index (κ3) is 69.9. The maximum Gasteiger partial charge on any atom is 0.472 e. The molecule has 0 aliphatic heterocycles. The Morgan fingerprint density at radius 3 is 0.939 bits per heavy atom. The number of unbranched alkanes of at least 4 members (excludes halogenated alkanes) is 24. The molecule has 5 unspecified atom stereocenters. The summed E-state index contributed by atoms with van der Waals surface area (Å²) in [5, 5.41) is 10.6. The summed E-state index contributed by atoms with van der Waals surface area (Å²) < 4.78 is 68.3. The lowest BCUT2D eigenvalue weighted by molar-refractivity contribution is -0.161. The van der Waals surface area contributed by atoms with Crippen molar-refractivity contribution < 1.29 is 80.2 Å². The number of phosphoric acid groups is 2. The average Bonchev–Trinajstić information content (AvgIpc) is 1.00. The second kappa shape index (κ2) is 70.9. The molecular formula is C79H134O17P2. The van der Waals surface area contributed by atoms with E-state index in [0.29, 0.717) is 32.1 Å². The van der Waals surface area contributed by atoms with E-state index in [2.05, 4.69) is 131 Å². The van der Waals surface area contributed by atoms with E-state index in [1.165, 1.54) is 57.8 Å². The lowest BCUT2D eigenvalue weighted by atomic mass is 10.1. The average molecular weight is 1420 g/mol. The van der Waals surface area contributed by atoms with Gasteiger partial charge in [0.25, 0.3) is 0 Å². The zero-order valence-electron chi connectivity index (χ0n) is 61.2. The number of aliphatic hydroxyl groups is 1. The van der Waals surface area contributed by atoms with Crippen molar-refractivity contribution in [3.05, 3.63) is 122 Å². The Morgan fingerprint density at radius 2 is 0.561 bits per heavy atom. The zero-order chi connectivity index (χ0) is 71.8. The first-order valence-corrected chi connectivity index (χ1v) is 40.8. The molecule has 0 aromatic carbocycles. The Labute approximate surface area is 593 Å². The van der Waals surface area contributed by atoms with Crippen LogP contribution in [0.15, 0.2) is 122 Å². The van der Waals surface area contributed by atoms with Gasteiger partial charge in [0.05, 0.1) is 26.4 Å². The smallest absolute Gasteiger partial charge is 0.462 e. The van der Waals surface area contributed by atoms with Crippen LogP contribution < -0.4 is 0 Å². The van der Waals surface area contributed by atoms with Gasteiger partial charge in [-0.1, -0.05) is 252 Å². The molecule has 0 aliphatic rings. The van der Waals surface area contributed by atoms with E-state index in [-0.39, 0.29) is 25.7 Å². The monoisotopic (exact) mass is 1420 g/mol. The van der Waals surface area contributed by atoms with Crippen LogP contribution in [0.5, 0.6) is 0 Å². The van der Waals surface area contributed by atoms with Crippen molar-refractivity contribution in [2.24, 2.45) is 0 Å². The predicted octanol–water partition coefficient (Wildman–Crippen LogP) is 21.6. The minimum absolute atomic E-state index is 0.0324. The van der Waals surface area contributed by atoms with Crippen LogP contribution in [-0.2, 0) is 65.4 Å². The van der Waals surface area contributed by atoms with Gasteiger partial charge in [-0.3, -0.25) is 37.3 Å². The molecule has 3 N–H and O–H groups in total. The highest BCUT2D eigenvalue weighted by Gasteiger charge is 2.30. The number of rotatable bonds is 70. The molecule has 17 nitrogen and oxygen atoms in total. The normalized spacial score (nSPS) is 14.6. The first kappa shape index (κ1) is 93.5. The van der Waals surface area contributed by atoms with Crippen molar-refractivity contribution in [3.8, 4) is 0 Å². The van der Waals surface area contributed by atoms with Crippen LogP contribution in [0.4, 0.5) is 0 Å². The standard InChI is InChI=1S/C79H134O17P2/c1-5-9-13-17-21-25-29-32-34-35-36-37-39-42-45-48-52-56-60-64-77(82)89-69-74(95-78(83)65-61-57-53-49-43-28-24-20-16-12-8-4)71-93-97(85,86)91-67-73(80)68-92-98(87,88)94-72-75(96-79(84)66-62-58-54-50-46-40-31-27-23-19-15-11-7-3)70-90-76(81)63-59-55-51-47-44-41-38-33-30-26-22-18-14-10-6-2/h9,13,20-22,24-27,31-34,36-38,42,45,52,56,73-75,80H,5-8,10-12,14-19,23,28-30,35,39-41,43-44,46-51,53-55,57-72H2,1-4H3,(H,85,86)(H,87,88)/b13-9-,24-20-,25-21-,26-22-,31-27-,34-32-,37-36-,38-33-,45-42-,56-52-. The Hall–Kier alpha value is -4.54. The molecule has 0 heterocycles. The summed E-state index contributed by atoms with van der Waals surface area (Å²) in [4.78, 5) is 72.7. The molecule has 0 radical (unpaired) electrons. The number of allylic oxidation sites excluding steroid dienone is 20. The summed E-state index contributed by atoms with van der Waals surface area (Å²) in [5.74, 6) is -2.31. The van der Waals surface area contributed by atoms with E-state index in [1.807, 2.05) is 18.2 Å². The van der Waals surface area contributed by atoms with Gasteiger partial charge in [-0.25, -0.2) is 9.13 Å². The van der Waals surface area contributed by atoms with Crippen molar-refractivity contribution in [1.29, 1.82) is 0 Å². The van der Waals surface area contributed by atoms with Gasteiger partial charge < -0.3 is 33.8 Å². The number of hydrogen-bond acceptors (Lipinski definition) is 15. The fourth-order valence-electron chi connectivity index (χ4n) is 9.60. The number of hydrogen-bond donors (Lipinski definition) is 3. The molecule has 0 aliphatic carbocycles. The maximum atomic E-state index is 13.1. The molecule has 19 heteroatoms. The van der Waals surface area contributed by atoms with Gasteiger partial charge in [0.2, 0.25) is 0 Å². The highest BCUT2D eigenvalue weighted by Crippen LogP contribution is 2.45. The topological polar surface area (TPSA) is 237 Å². The van der Waals surface area contributed by atoms with Crippen molar-refractivity contribution in [3.63, 3.8) is 0 Å². The van der Waals surface area contributed by atoms with Gasteiger partial charge >= 0.3 is 39.5 Å². The number of esters is 4. The van der Waals surface area contributed by atoms with E-state index >= 15 is 0 Å². The molecule has 0 bridgehead atoms. The van der Waals surface area contributed by atoms with Gasteiger partial charge in [0, 0.05) is 25.7 Å². The summed E-state index contributed by atoms with van der Waals surface area (Å²) in [6.45, 7) is 4.55. The van der Waals surface area contributed by atoms with Gasteiger partial charge in [-0.05, 0) is 141 Å².